The number of esters is 1. The van der Waals surface area contributed by atoms with Crippen molar-refractivity contribution in [2.24, 2.45) is 0 Å². The number of fused-ring (bicyclic) bond motifs is 1. The molecule has 1 atom stereocenters. The highest BCUT2D eigenvalue weighted by Crippen LogP contribution is 2.40. The van der Waals surface area contributed by atoms with E-state index in [0.717, 1.165) is 23.3 Å². The summed E-state index contributed by atoms with van der Waals surface area (Å²) < 4.78 is 18.9. The number of hydrogen-bond donors (Lipinski definition) is 1. The van der Waals surface area contributed by atoms with E-state index in [0.29, 0.717) is 40.5 Å². The average Bonchev–Trinajstić information content (AvgIpc) is 3.31. The Bertz CT molecular complexity index is 1260. The second-order valence-corrected chi connectivity index (χ2v) is 9.21. The van der Waals surface area contributed by atoms with Gasteiger partial charge in [0.1, 0.15) is 19.3 Å². The van der Waals surface area contributed by atoms with Crippen LogP contribution in [0.4, 0.5) is 5.95 Å². The molecule has 0 saturated heterocycles. The molecule has 1 N–H and O–H groups in total. The van der Waals surface area contributed by atoms with Crippen molar-refractivity contribution in [2.75, 3.05) is 24.8 Å². The highest BCUT2D eigenvalue weighted by atomic mass is 32.2. The van der Waals surface area contributed by atoms with E-state index in [2.05, 4.69) is 23.8 Å². The number of methoxy groups -OCH3 is 1. The zero-order valence-electron chi connectivity index (χ0n) is 20.7. The molecule has 1 unspecified atom stereocenters. The lowest BCUT2D eigenvalue weighted by Gasteiger charge is -2.28. The van der Waals surface area contributed by atoms with Crippen LogP contribution >= 0.6 is 11.8 Å². The average molecular weight is 507 g/mol. The minimum atomic E-state index is -0.556. The van der Waals surface area contributed by atoms with Crippen molar-refractivity contribution in [3.05, 3.63) is 83.6 Å². The molecule has 2 aromatic carbocycles. The maximum atomic E-state index is 13.1. The molecule has 1 aliphatic rings. The number of thioether (sulfide) groups is 1. The van der Waals surface area contributed by atoms with Crippen LogP contribution in [-0.4, -0.2) is 40.2 Å². The predicted molar refractivity (Wildman–Crippen MR) is 140 cm³/mol. The summed E-state index contributed by atoms with van der Waals surface area (Å²) in [5, 5.41) is 8.58. The second-order valence-electron chi connectivity index (χ2n) is 8.15. The van der Waals surface area contributed by atoms with E-state index in [1.165, 1.54) is 0 Å². The molecule has 0 bridgehead atoms. The summed E-state index contributed by atoms with van der Waals surface area (Å²) in [6.07, 6.45) is 2.55. The second kappa shape index (κ2) is 11.8. The highest BCUT2D eigenvalue weighted by Gasteiger charge is 2.35. The number of anilines is 1. The molecule has 8 nitrogen and oxygen atoms in total. The number of carbonyl (C=O) groups excluding carboxylic acids is 1. The Morgan fingerprint density at radius 2 is 2.03 bits per heavy atom. The first-order valence-electron chi connectivity index (χ1n) is 11.8. The lowest BCUT2D eigenvalue weighted by Crippen LogP contribution is -2.29. The maximum Gasteiger partial charge on any atom is 0.338 e. The van der Waals surface area contributed by atoms with Gasteiger partial charge in [0.25, 0.3) is 0 Å². The van der Waals surface area contributed by atoms with Gasteiger partial charge in [0.15, 0.2) is 11.5 Å². The van der Waals surface area contributed by atoms with Crippen LogP contribution in [0, 0.1) is 0 Å². The third-order valence-corrected chi connectivity index (χ3v) is 6.60. The molecule has 9 heteroatoms. The van der Waals surface area contributed by atoms with Crippen LogP contribution in [-0.2, 0) is 16.1 Å². The first-order valence-corrected chi connectivity index (χ1v) is 12.7. The van der Waals surface area contributed by atoms with Crippen LogP contribution in [0.15, 0.2) is 77.6 Å². The third-order valence-electron chi connectivity index (χ3n) is 5.56. The topological polar surface area (TPSA) is 87.5 Å². The van der Waals surface area contributed by atoms with Gasteiger partial charge in [-0.15, -0.1) is 5.10 Å². The molecule has 188 valence electrons. The normalized spacial score (nSPS) is 14.6. The Morgan fingerprint density at radius 1 is 1.22 bits per heavy atom. The first-order chi connectivity index (χ1) is 17.5. The van der Waals surface area contributed by atoms with Crippen molar-refractivity contribution in [1.82, 2.24) is 14.8 Å². The van der Waals surface area contributed by atoms with Gasteiger partial charge < -0.3 is 19.5 Å². The smallest absolute Gasteiger partial charge is 0.338 e. The van der Waals surface area contributed by atoms with Gasteiger partial charge in [-0.2, -0.15) is 4.98 Å². The summed E-state index contributed by atoms with van der Waals surface area (Å²) in [5.41, 5.74) is 2.95. The van der Waals surface area contributed by atoms with Crippen molar-refractivity contribution >= 4 is 23.7 Å². The van der Waals surface area contributed by atoms with E-state index in [1.54, 1.807) is 29.6 Å². The summed E-state index contributed by atoms with van der Waals surface area (Å²) in [6.45, 7) is 8.11. The standard InChI is InChI=1S/C27H30N4O4S/c1-5-14-34-25(32)23-18(3)28-26-29-27(36-15-6-2)30-31(26)24(23)20-12-13-21(22(16-20)33-4)35-17-19-10-8-7-9-11-19/h5,7-13,16,24H,1,6,14-15,17H2,2-4H3,(H,28,29,30). The van der Waals surface area contributed by atoms with Crippen LogP contribution in [0.25, 0.3) is 0 Å². The number of nitrogens with one attached hydrogen (secondary N) is 1. The van der Waals surface area contributed by atoms with E-state index < -0.39 is 12.0 Å². The number of nitrogens with zero attached hydrogens (tertiary/aromatic N) is 3. The summed E-state index contributed by atoms with van der Waals surface area (Å²) in [7, 11) is 1.59. The summed E-state index contributed by atoms with van der Waals surface area (Å²) in [6, 6.07) is 15.0. The Balaban J connectivity index is 1.71. The molecular weight excluding hydrogens is 476 g/mol. The molecule has 0 aliphatic carbocycles. The van der Waals surface area contributed by atoms with Crippen LogP contribution < -0.4 is 14.8 Å². The zero-order valence-corrected chi connectivity index (χ0v) is 21.5. The molecule has 3 aromatic rings. The molecule has 4 rings (SSSR count). The van der Waals surface area contributed by atoms with E-state index >= 15 is 0 Å². The molecular formula is C27H30N4O4S. The molecule has 1 aromatic heterocycles. The Labute approximate surface area is 215 Å². The number of allylic oxidation sites excluding steroid dienone is 1. The monoisotopic (exact) mass is 506 g/mol. The lowest BCUT2D eigenvalue weighted by molar-refractivity contribution is -0.138. The minimum Gasteiger partial charge on any atom is -0.493 e. The molecule has 2 heterocycles. The lowest BCUT2D eigenvalue weighted by atomic mass is 9.95. The van der Waals surface area contributed by atoms with Crippen molar-refractivity contribution < 1.29 is 19.0 Å². The van der Waals surface area contributed by atoms with Gasteiger partial charge in [0.2, 0.25) is 11.1 Å². The molecule has 0 fully saturated rings. The summed E-state index contributed by atoms with van der Waals surface area (Å²) in [4.78, 5) is 17.8. The maximum absolute atomic E-state index is 13.1. The van der Waals surface area contributed by atoms with Crippen molar-refractivity contribution in [2.45, 2.75) is 38.1 Å². The highest BCUT2D eigenvalue weighted by molar-refractivity contribution is 7.99. The van der Waals surface area contributed by atoms with Gasteiger partial charge in [-0.25, -0.2) is 9.48 Å². The van der Waals surface area contributed by atoms with E-state index in [1.807, 2.05) is 55.5 Å². The summed E-state index contributed by atoms with van der Waals surface area (Å²) >= 11 is 1.57. The number of carbonyl (C=O) groups is 1. The fourth-order valence-electron chi connectivity index (χ4n) is 3.88. The molecule has 36 heavy (non-hydrogen) atoms. The van der Waals surface area contributed by atoms with Gasteiger partial charge in [-0.1, -0.05) is 67.7 Å². The van der Waals surface area contributed by atoms with E-state index in [4.69, 9.17) is 19.3 Å². The minimum absolute atomic E-state index is 0.111. The van der Waals surface area contributed by atoms with Gasteiger partial charge in [0, 0.05) is 11.4 Å². The summed E-state index contributed by atoms with van der Waals surface area (Å²) in [5.74, 6) is 2.18. The van der Waals surface area contributed by atoms with Crippen molar-refractivity contribution in [1.29, 1.82) is 0 Å². The van der Waals surface area contributed by atoms with Gasteiger partial charge >= 0.3 is 5.97 Å². The van der Waals surface area contributed by atoms with Crippen molar-refractivity contribution in [3.8, 4) is 11.5 Å². The molecule has 0 spiro atoms. The van der Waals surface area contributed by atoms with Crippen LogP contribution in [0.1, 0.15) is 37.4 Å². The number of hydrogen-bond acceptors (Lipinski definition) is 8. The van der Waals surface area contributed by atoms with Gasteiger partial charge in [-0.3, -0.25) is 0 Å². The zero-order chi connectivity index (χ0) is 25.5. The Kier molecular flexibility index (Phi) is 8.32. The molecule has 0 amide bonds. The first kappa shape index (κ1) is 25.4. The predicted octanol–water partition coefficient (Wildman–Crippen LogP) is 5.39. The number of rotatable bonds is 11. The van der Waals surface area contributed by atoms with E-state index in [-0.39, 0.29) is 6.61 Å². The third kappa shape index (κ3) is 5.57. The molecule has 1 aliphatic heterocycles. The fraction of sp³-hybridized carbons (Fsp3) is 0.296. The SMILES string of the molecule is C=CCOC(=O)C1=C(C)Nc2nc(SCCC)nn2C1c1ccc(OCc2ccccc2)c(OC)c1. The largest absolute Gasteiger partial charge is 0.493 e. The Hall–Kier alpha value is -3.72. The van der Waals surface area contributed by atoms with Crippen LogP contribution in [0.3, 0.4) is 0 Å². The number of ether oxygens (including phenoxy) is 3. The molecule has 0 radical (unpaired) electrons. The van der Waals surface area contributed by atoms with Gasteiger partial charge in [-0.05, 0) is 36.6 Å². The fourth-order valence-corrected chi connectivity index (χ4v) is 4.56. The molecule has 0 saturated carbocycles. The Morgan fingerprint density at radius 3 is 2.75 bits per heavy atom. The number of aromatic nitrogens is 3. The van der Waals surface area contributed by atoms with Crippen LogP contribution in [0.5, 0.6) is 11.5 Å². The van der Waals surface area contributed by atoms with Crippen molar-refractivity contribution in [3.63, 3.8) is 0 Å². The van der Waals surface area contributed by atoms with Crippen LogP contribution in [0.2, 0.25) is 0 Å². The van der Waals surface area contributed by atoms with Gasteiger partial charge in [0.05, 0.1) is 12.7 Å². The quantitative estimate of drug-likeness (QED) is 0.211. The number of benzene rings is 2. The van der Waals surface area contributed by atoms with E-state index in [9.17, 15) is 4.79 Å².